The monoisotopic (exact) mass is 433 g/mol. The van der Waals surface area contributed by atoms with Gasteiger partial charge in [-0.05, 0) is 35.4 Å². The van der Waals surface area contributed by atoms with Gasteiger partial charge in [-0.3, -0.25) is 9.59 Å². The Morgan fingerprint density at radius 3 is 2.73 bits per heavy atom. The zero-order valence-electron chi connectivity index (χ0n) is 14.1. The molecule has 2 aliphatic rings. The number of hydrogen-bond donors (Lipinski definition) is 1. The third-order valence-corrected chi connectivity index (χ3v) is 6.22. The second-order valence-corrected chi connectivity index (χ2v) is 8.14. The Kier molecular flexibility index (Phi) is 4.41. The summed E-state index contributed by atoms with van der Waals surface area (Å²) in [5, 5.41) is 3.58. The predicted octanol–water partition coefficient (Wildman–Crippen LogP) is 4.45. The van der Waals surface area contributed by atoms with Gasteiger partial charge in [-0.1, -0.05) is 45.7 Å². The SMILES string of the molecule is CO[C@H]1CC(=O)C[C@@H](c2cccc(Cl)c2)[C@]12C(=O)Nc1cc(Br)ccc12. The molecule has 1 spiro atoms. The number of carbonyl (C=O) groups is 2. The lowest BCUT2D eigenvalue weighted by atomic mass is 9.59. The third-order valence-electron chi connectivity index (χ3n) is 5.49. The van der Waals surface area contributed by atoms with Crippen LogP contribution in [-0.2, 0) is 19.7 Å². The van der Waals surface area contributed by atoms with Gasteiger partial charge in [0.2, 0.25) is 5.91 Å². The van der Waals surface area contributed by atoms with Crippen molar-refractivity contribution in [1.29, 1.82) is 0 Å². The summed E-state index contributed by atoms with van der Waals surface area (Å²) in [7, 11) is 1.56. The fourth-order valence-electron chi connectivity index (χ4n) is 4.43. The van der Waals surface area contributed by atoms with E-state index in [0.29, 0.717) is 5.02 Å². The zero-order valence-corrected chi connectivity index (χ0v) is 16.4. The molecule has 1 heterocycles. The lowest BCUT2D eigenvalue weighted by Gasteiger charge is -2.44. The highest BCUT2D eigenvalue weighted by atomic mass is 79.9. The molecule has 1 amide bonds. The average molecular weight is 435 g/mol. The minimum atomic E-state index is -0.955. The molecular formula is C20H17BrClNO3. The van der Waals surface area contributed by atoms with E-state index in [0.717, 1.165) is 21.3 Å². The summed E-state index contributed by atoms with van der Waals surface area (Å²) in [5.41, 5.74) is 1.55. The number of anilines is 1. The molecule has 3 atom stereocenters. The van der Waals surface area contributed by atoms with E-state index < -0.39 is 11.5 Å². The van der Waals surface area contributed by atoms with Crippen molar-refractivity contribution >= 4 is 44.9 Å². The Hall–Kier alpha value is -1.69. The molecule has 6 heteroatoms. The Morgan fingerprint density at radius 2 is 2.00 bits per heavy atom. The zero-order chi connectivity index (χ0) is 18.5. The highest BCUT2D eigenvalue weighted by Gasteiger charge is 2.60. The smallest absolute Gasteiger partial charge is 0.238 e. The molecule has 0 bridgehead atoms. The van der Waals surface area contributed by atoms with E-state index in [1.165, 1.54) is 0 Å². The van der Waals surface area contributed by atoms with Crippen molar-refractivity contribution in [1.82, 2.24) is 0 Å². The number of ether oxygens (including phenoxy) is 1. The molecule has 0 unspecified atom stereocenters. The van der Waals surface area contributed by atoms with E-state index in [1.807, 2.05) is 36.4 Å². The number of fused-ring (bicyclic) bond motifs is 2. The Balaban J connectivity index is 1.97. The first-order valence-electron chi connectivity index (χ1n) is 8.38. The van der Waals surface area contributed by atoms with Crippen LogP contribution in [0.5, 0.6) is 0 Å². The maximum Gasteiger partial charge on any atom is 0.238 e. The Labute approximate surface area is 165 Å². The molecule has 4 rings (SSSR count). The van der Waals surface area contributed by atoms with Crippen LogP contribution in [0.3, 0.4) is 0 Å². The van der Waals surface area contributed by atoms with Gasteiger partial charge >= 0.3 is 0 Å². The molecule has 0 aromatic heterocycles. The van der Waals surface area contributed by atoms with Crippen molar-refractivity contribution in [3.05, 3.63) is 63.1 Å². The number of hydrogen-bond acceptors (Lipinski definition) is 3. The number of carbonyl (C=O) groups excluding carboxylic acids is 2. The average Bonchev–Trinajstić information content (AvgIpc) is 2.88. The molecule has 1 aliphatic carbocycles. The Morgan fingerprint density at radius 1 is 1.19 bits per heavy atom. The minimum absolute atomic E-state index is 0.0887. The summed E-state index contributed by atoms with van der Waals surface area (Å²) < 4.78 is 6.60. The second kappa shape index (κ2) is 6.48. The molecule has 1 N–H and O–H groups in total. The van der Waals surface area contributed by atoms with Gasteiger partial charge in [0, 0.05) is 41.1 Å². The summed E-state index contributed by atoms with van der Waals surface area (Å²) in [4.78, 5) is 25.8. The number of benzene rings is 2. The number of Topliss-reactive ketones (excluding diaryl/α,β-unsaturated/α-hetero) is 1. The van der Waals surface area contributed by atoms with Gasteiger partial charge in [-0.25, -0.2) is 0 Å². The van der Waals surface area contributed by atoms with Crippen LogP contribution in [0.15, 0.2) is 46.9 Å². The molecule has 1 aliphatic heterocycles. The summed E-state index contributed by atoms with van der Waals surface area (Å²) in [5.74, 6) is -0.379. The number of rotatable bonds is 2. The number of methoxy groups -OCH3 is 1. The van der Waals surface area contributed by atoms with Gasteiger partial charge in [-0.15, -0.1) is 0 Å². The van der Waals surface area contributed by atoms with Gasteiger partial charge in [-0.2, -0.15) is 0 Å². The molecule has 134 valence electrons. The predicted molar refractivity (Wildman–Crippen MR) is 104 cm³/mol. The molecule has 26 heavy (non-hydrogen) atoms. The van der Waals surface area contributed by atoms with E-state index in [1.54, 1.807) is 13.2 Å². The fourth-order valence-corrected chi connectivity index (χ4v) is 4.99. The van der Waals surface area contributed by atoms with Crippen LogP contribution in [0.25, 0.3) is 0 Å². The van der Waals surface area contributed by atoms with Crippen LogP contribution >= 0.6 is 27.5 Å². The second-order valence-electron chi connectivity index (χ2n) is 6.79. The maximum atomic E-state index is 13.3. The first-order valence-corrected chi connectivity index (χ1v) is 9.55. The molecule has 1 saturated carbocycles. The molecule has 0 radical (unpaired) electrons. The van der Waals surface area contributed by atoms with Crippen LogP contribution in [0, 0.1) is 0 Å². The number of nitrogens with one attached hydrogen (secondary N) is 1. The maximum absolute atomic E-state index is 13.3. The number of halogens is 2. The lowest BCUT2D eigenvalue weighted by molar-refractivity contribution is -0.137. The summed E-state index contributed by atoms with van der Waals surface area (Å²) in [6.07, 6.45) is -0.0326. The van der Waals surface area contributed by atoms with Crippen molar-refractivity contribution in [3.8, 4) is 0 Å². The van der Waals surface area contributed by atoms with Gasteiger partial charge in [0.15, 0.2) is 0 Å². The normalized spacial score (nSPS) is 27.5. The summed E-state index contributed by atoms with van der Waals surface area (Å²) in [6.45, 7) is 0. The van der Waals surface area contributed by atoms with Gasteiger partial charge in [0.25, 0.3) is 0 Å². The van der Waals surface area contributed by atoms with Crippen molar-refractivity contribution in [3.63, 3.8) is 0 Å². The molecule has 1 fully saturated rings. The molecule has 2 aromatic rings. The fraction of sp³-hybridized carbons (Fsp3) is 0.300. The van der Waals surface area contributed by atoms with Gasteiger partial charge in [0.1, 0.15) is 11.2 Å². The quantitative estimate of drug-likeness (QED) is 0.759. The van der Waals surface area contributed by atoms with Crippen LogP contribution in [0.1, 0.15) is 29.9 Å². The summed E-state index contributed by atoms with van der Waals surface area (Å²) in [6, 6.07) is 13.1. The van der Waals surface area contributed by atoms with Crippen molar-refractivity contribution < 1.29 is 14.3 Å². The largest absolute Gasteiger partial charge is 0.379 e. The van der Waals surface area contributed by atoms with E-state index in [9.17, 15) is 9.59 Å². The van der Waals surface area contributed by atoms with Gasteiger partial charge in [0.05, 0.1) is 6.10 Å². The Bertz CT molecular complexity index is 916. The van der Waals surface area contributed by atoms with Gasteiger partial charge < -0.3 is 10.1 Å². The molecule has 0 saturated heterocycles. The van der Waals surface area contributed by atoms with E-state index in [-0.39, 0.29) is 30.4 Å². The summed E-state index contributed by atoms with van der Waals surface area (Å²) >= 11 is 9.65. The topological polar surface area (TPSA) is 55.4 Å². The first kappa shape index (κ1) is 17.7. The highest BCUT2D eigenvalue weighted by Crippen LogP contribution is 2.55. The van der Waals surface area contributed by atoms with Crippen LogP contribution < -0.4 is 5.32 Å². The minimum Gasteiger partial charge on any atom is -0.379 e. The van der Waals surface area contributed by atoms with Crippen molar-refractivity contribution in [2.75, 3.05) is 12.4 Å². The lowest BCUT2D eigenvalue weighted by Crippen LogP contribution is -2.55. The van der Waals surface area contributed by atoms with Crippen LogP contribution in [-0.4, -0.2) is 24.9 Å². The number of amides is 1. The number of ketones is 1. The highest BCUT2D eigenvalue weighted by molar-refractivity contribution is 9.10. The standard InChI is InChI=1S/C20H17BrClNO3/c1-26-18-10-14(24)9-16(11-3-2-4-13(22)7-11)20(18)15-6-5-12(21)8-17(15)23-19(20)25/h2-8,16,18H,9-10H2,1H3,(H,23,25)/t16-,18-,20-/m0/s1. The van der Waals surface area contributed by atoms with E-state index in [4.69, 9.17) is 16.3 Å². The van der Waals surface area contributed by atoms with E-state index in [2.05, 4.69) is 21.2 Å². The molecule has 2 aromatic carbocycles. The van der Waals surface area contributed by atoms with E-state index >= 15 is 0 Å². The van der Waals surface area contributed by atoms with Crippen molar-refractivity contribution in [2.24, 2.45) is 0 Å². The van der Waals surface area contributed by atoms with Crippen molar-refractivity contribution in [2.45, 2.75) is 30.3 Å². The third kappa shape index (κ3) is 2.53. The molecule has 4 nitrogen and oxygen atoms in total. The van der Waals surface area contributed by atoms with Crippen LogP contribution in [0.4, 0.5) is 5.69 Å². The first-order chi connectivity index (χ1) is 12.5. The van der Waals surface area contributed by atoms with Crippen LogP contribution in [0.2, 0.25) is 5.02 Å². The molecular weight excluding hydrogens is 418 g/mol.